The number of hydrogen-bond acceptors (Lipinski definition) is 7. The van der Waals surface area contributed by atoms with Gasteiger partial charge in [0.25, 0.3) is 17.2 Å². The van der Waals surface area contributed by atoms with Gasteiger partial charge < -0.3 is 15.2 Å². The van der Waals surface area contributed by atoms with Gasteiger partial charge in [-0.05, 0) is 18.2 Å². The Bertz CT molecular complexity index is 1350. The van der Waals surface area contributed by atoms with Crippen LogP contribution < -0.4 is 16.2 Å². The molecule has 2 aromatic carbocycles. The highest BCUT2D eigenvalue weighted by atomic mass is 32.2. The first-order valence-corrected chi connectivity index (χ1v) is 11.1. The van der Waals surface area contributed by atoms with E-state index < -0.39 is 20.7 Å². The number of aromatic nitrogens is 1. The lowest BCUT2D eigenvalue weighted by Gasteiger charge is -2.12. The van der Waals surface area contributed by atoms with Crippen molar-refractivity contribution in [3.8, 4) is 0 Å². The van der Waals surface area contributed by atoms with Crippen LogP contribution in [0.25, 0.3) is 10.9 Å². The van der Waals surface area contributed by atoms with Crippen molar-refractivity contribution in [2.45, 2.75) is 4.90 Å². The lowest BCUT2D eigenvalue weighted by atomic mass is 10.1. The van der Waals surface area contributed by atoms with E-state index in [1.807, 2.05) is 0 Å². The van der Waals surface area contributed by atoms with Crippen LogP contribution in [0.1, 0.15) is 10.4 Å². The minimum atomic E-state index is -3.58. The summed E-state index contributed by atoms with van der Waals surface area (Å²) in [5.41, 5.74) is 0.295. The summed E-state index contributed by atoms with van der Waals surface area (Å²) in [5, 5.41) is 17.4. The van der Waals surface area contributed by atoms with Crippen LogP contribution in [0.5, 0.6) is 0 Å². The van der Waals surface area contributed by atoms with Crippen LogP contribution in [0.15, 0.2) is 58.2 Å². The van der Waals surface area contributed by atoms with Crippen LogP contribution in [0.4, 0.5) is 11.4 Å². The van der Waals surface area contributed by atoms with Crippen LogP contribution in [0.3, 0.4) is 0 Å². The molecule has 2 N–H and O–H groups in total. The van der Waals surface area contributed by atoms with Gasteiger partial charge in [-0.3, -0.25) is 19.7 Å². The van der Waals surface area contributed by atoms with Gasteiger partial charge in [0.1, 0.15) is 5.69 Å². The van der Waals surface area contributed by atoms with Gasteiger partial charge in [-0.15, -0.1) is 0 Å². The molecule has 0 aliphatic heterocycles. The van der Waals surface area contributed by atoms with Gasteiger partial charge >= 0.3 is 0 Å². The number of rotatable bonds is 7. The van der Waals surface area contributed by atoms with Gasteiger partial charge in [0.2, 0.25) is 0 Å². The summed E-state index contributed by atoms with van der Waals surface area (Å²) in [6.07, 6.45) is 0.968. The van der Waals surface area contributed by atoms with Crippen molar-refractivity contribution < 1.29 is 18.1 Å². The van der Waals surface area contributed by atoms with Crippen LogP contribution >= 0.6 is 0 Å². The molecule has 0 atom stereocenters. The Kier molecular flexibility index (Phi) is 6.07. The number of nitro groups is 1. The lowest BCUT2D eigenvalue weighted by Crippen LogP contribution is -2.30. The average Bonchev–Trinajstić information content (AvgIpc) is 2.72. The summed E-state index contributed by atoms with van der Waals surface area (Å²) < 4.78 is 24.7. The molecule has 11 heteroatoms. The summed E-state index contributed by atoms with van der Waals surface area (Å²) in [5.74, 6) is -0.447. The fraction of sp³-hybridized carbons (Fsp3) is 0.200. The zero-order chi connectivity index (χ0) is 22.8. The van der Waals surface area contributed by atoms with Crippen molar-refractivity contribution in [3.63, 3.8) is 0 Å². The predicted octanol–water partition coefficient (Wildman–Crippen LogP) is 1.69. The number of sulfone groups is 1. The number of fused-ring (bicyclic) bond motifs is 1. The highest BCUT2D eigenvalue weighted by Crippen LogP contribution is 2.27. The van der Waals surface area contributed by atoms with Gasteiger partial charge in [0, 0.05) is 43.9 Å². The molecule has 3 aromatic rings. The Labute approximate surface area is 177 Å². The summed E-state index contributed by atoms with van der Waals surface area (Å²) >= 11 is 0. The zero-order valence-electron chi connectivity index (χ0n) is 16.8. The third-order valence-electron chi connectivity index (χ3n) is 4.72. The molecule has 0 spiro atoms. The molecule has 1 amide bonds. The van der Waals surface area contributed by atoms with E-state index in [1.54, 1.807) is 31.3 Å². The number of para-hydroxylation sites is 1. The van der Waals surface area contributed by atoms with Crippen molar-refractivity contribution in [1.29, 1.82) is 0 Å². The molecule has 3 rings (SSSR count). The molecule has 31 heavy (non-hydrogen) atoms. The maximum Gasteiger partial charge on any atom is 0.293 e. The smallest absolute Gasteiger partial charge is 0.293 e. The summed E-state index contributed by atoms with van der Waals surface area (Å²) in [6, 6.07) is 11.9. The van der Waals surface area contributed by atoms with Crippen LogP contribution in [0.2, 0.25) is 0 Å². The van der Waals surface area contributed by atoms with E-state index in [1.165, 1.54) is 22.8 Å². The van der Waals surface area contributed by atoms with E-state index in [0.29, 0.717) is 10.9 Å². The molecule has 0 saturated heterocycles. The Morgan fingerprint density at radius 3 is 2.52 bits per heavy atom. The summed E-state index contributed by atoms with van der Waals surface area (Å²) in [7, 11) is -1.96. The van der Waals surface area contributed by atoms with E-state index in [9.17, 15) is 28.1 Å². The molecule has 10 nitrogen and oxygen atoms in total. The normalized spacial score (nSPS) is 11.3. The van der Waals surface area contributed by atoms with Gasteiger partial charge in [-0.2, -0.15) is 0 Å². The van der Waals surface area contributed by atoms with Gasteiger partial charge in [0.05, 0.1) is 20.9 Å². The third-order valence-corrected chi connectivity index (χ3v) is 5.83. The minimum Gasteiger partial charge on any atom is -0.378 e. The topological polar surface area (TPSA) is 140 Å². The number of anilines is 1. The first kappa shape index (κ1) is 22.0. The maximum absolute atomic E-state index is 12.6. The van der Waals surface area contributed by atoms with E-state index >= 15 is 0 Å². The van der Waals surface area contributed by atoms with Crippen LogP contribution in [-0.4, -0.2) is 43.2 Å². The average molecular weight is 444 g/mol. The van der Waals surface area contributed by atoms with E-state index in [-0.39, 0.29) is 40.5 Å². The Balaban J connectivity index is 1.72. The maximum atomic E-state index is 12.6. The molecule has 162 valence electrons. The molecular weight excluding hydrogens is 424 g/mol. The zero-order valence-corrected chi connectivity index (χ0v) is 17.6. The largest absolute Gasteiger partial charge is 0.378 e. The Morgan fingerprint density at radius 1 is 1.13 bits per heavy atom. The number of hydrogen-bond donors (Lipinski definition) is 2. The Hall–Kier alpha value is -3.73. The summed E-state index contributed by atoms with van der Waals surface area (Å²) in [6.45, 7) is 0.265. The number of benzene rings is 2. The molecule has 0 bridgehead atoms. The van der Waals surface area contributed by atoms with Crippen molar-refractivity contribution in [2.75, 3.05) is 24.7 Å². The number of amides is 1. The second-order valence-electron chi connectivity index (χ2n) is 6.86. The lowest BCUT2D eigenvalue weighted by molar-refractivity contribution is -0.384. The number of nitrogens with zero attached hydrogens (tertiary/aromatic N) is 2. The number of carbonyl (C=O) groups is 1. The van der Waals surface area contributed by atoms with Crippen LogP contribution in [0, 0.1) is 10.1 Å². The van der Waals surface area contributed by atoms with Crippen molar-refractivity contribution in [2.24, 2.45) is 7.05 Å². The number of nitro benzene ring substituents is 1. The standard InChI is InChI=1S/C20H20N4O6S/c1-23-17-6-4-3-5-14(17)15(12-19(23)25)20(26)22-10-9-21-16-8-7-13(31(2,29)30)11-18(16)24(27)28/h3-8,11-12,21H,9-10H2,1-2H3,(H,22,26). The van der Waals surface area contributed by atoms with Crippen molar-refractivity contribution >= 4 is 38.0 Å². The highest BCUT2D eigenvalue weighted by molar-refractivity contribution is 7.90. The molecule has 0 aliphatic rings. The minimum absolute atomic E-state index is 0.118. The Morgan fingerprint density at radius 2 is 1.84 bits per heavy atom. The number of carbonyl (C=O) groups excluding carboxylic acids is 1. The van der Waals surface area contributed by atoms with Gasteiger partial charge in [-0.25, -0.2) is 8.42 Å². The fourth-order valence-corrected chi connectivity index (χ4v) is 3.75. The summed E-state index contributed by atoms with van der Waals surface area (Å²) in [4.78, 5) is 35.2. The van der Waals surface area contributed by atoms with E-state index in [2.05, 4.69) is 10.6 Å². The van der Waals surface area contributed by atoms with Gasteiger partial charge in [-0.1, -0.05) is 18.2 Å². The van der Waals surface area contributed by atoms with Gasteiger partial charge in [0.15, 0.2) is 9.84 Å². The molecule has 1 aromatic heterocycles. The van der Waals surface area contributed by atoms with Crippen LogP contribution in [-0.2, 0) is 16.9 Å². The molecule has 0 saturated carbocycles. The molecule has 0 aliphatic carbocycles. The second-order valence-corrected chi connectivity index (χ2v) is 8.88. The van der Waals surface area contributed by atoms with E-state index in [4.69, 9.17) is 0 Å². The highest BCUT2D eigenvalue weighted by Gasteiger charge is 2.19. The molecule has 0 unspecified atom stereocenters. The number of pyridine rings is 1. The molecule has 1 heterocycles. The van der Waals surface area contributed by atoms with Crippen molar-refractivity contribution in [1.82, 2.24) is 9.88 Å². The molecule has 0 fully saturated rings. The molecule has 0 radical (unpaired) electrons. The first-order chi connectivity index (χ1) is 14.6. The van der Waals surface area contributed by atoms with E-state index in [0.717, 1.165) is 12.3 Å². The third kappa shape index (κ3) is 4.72. The predicted molar refractivity (Wildman–Crippen MR) is 116 cm³/mol. The van der Waals surface area contributed by atoms with Crippen molar-refractivity contribution in [3.05, 3.63) is 74.6 Å². The molecular formula is C20H20N4O6S. The number of nitrogens with one attached hydrogen (secondary N) is 2. The second kappa shape index (κ2) is 8.56. The monoisotopic (exact) mass is 444 g/mol. The first-order valence-electron chi connectivity index (χ1n) is 9.19. The quantitative estimate of drug-likeness (QED) is 0.321. The number of aryl methyl sites for hydroxylation is 1. The SMILES string of the molecule is Cn1c(=O)cc(C(=O)NCCNc2ccc(S(C)(=O)=O)cc2[N+](=O)[O-])c2ccccc21. The fourth-order valence-electron chi connectivity index (χ4n) is 3.11.